The molecule has 0 saturated heterocycles. The van der Waals surface area contributed by atoms with Crippen LogP contribution in [-0.4, -0.2) is 29.2 Å². The van der Waals surface area contributed by atoms with Crippen LogP contribution in [0.25, 0.3) is 0 Å². The lowest BCUT2D eigenvalue weighted by atomic mass is 10.2. The first-order valence-electron chi connectivity index (χ1n) is 4.57. The van der Waals surface area contributed by atoms with E-state index in [1.807, 2.05) is 11.9 Å². The minimum atomic E-state index is 0.318. The zero-order valence-electron chi connectivity index (χ0n) is 7.55. The summed E-state index contributed by atoms with van der Waals surface area (Å²) >= 11 is 3.35. The first-order chi connectivity index (χ1) is 5.75. The molecule has 1 rings (SSSR count). The van der Waals surface area contributed by atoms with Crippen LogP contribution in [0.3, 0.4) is 0 Å². The summed E-state index contributed by atoms with van der Waals surface area (Å²) in [7, 11) is 1.92. The quantitative estimate of drug-likeness (QED) is 0.527. The normalized spacial score (nSPS) is 16.2. The Morgan fingerprint density at radius 3 is 2.67 bits per heavy atom. The topological polar surface area (TPSA) is 20.3 Å². The number of hydrogen-bond donors (Lipinski definition) is 0. The standard InChI is InChI=1S/C9H16BrNO/c1-11(8-5-6-8)9(12)4-2-3-7-10/h8H,2-7H2,1H3. The van der Waals surface area contributed by atoms with Gasteiger partial charge in [0, 0.05) is 24.8 Å². The first-order valence-corrected chi connectivity index (χ1v) is 5.69. The zero-order chi connectivity index (χ0) is 8.97. The second kappa shape index (κ2) is 4.85. The second-order valence-electron chi connectivity index (χ2n) is 3.38. The number of nitrogens with zero attached hydrogens (tertiary/aromatic N) is 1. The largest absolute Gasteiger partial charge is 0.343 e. The van der Waals surface area contributed by atoms with Crippen LogP contribution in [0.4, 0.5) is 0 Å². The Morgan fingerprint density at radius 1 is 1.50 bits per heavy atom. The van der Waals surface area contributed by atoms with Crippen molar-refractivity contribution in [3.63, 3.8) is 0 Å². The number of unbranched alkanes of at least 4 members (excludes halogenated alkanes) is 1. The Hall–Kier alpha value is -0.0500. The van der Waals surface area contributed by atoms with Crippen molar-refractivity contribution in [3.05, 3.63) is 0 Å². The molecule has 0 aromatic heterocycles. The van der Waals surface area contributed by atoms with Gasteiger partial charge in [-0.15, -0.1) is 0 Å². The Balaban J connectivity index is 2.09. The Labute approximate surface area is 82.4 Å². The molecule has 0 N–H and O–H groups in total. The van der Waals surface area contributed by atoms with Gasteiger partial charge in [0.05, 0.1) is 0 Å². The van der Waals surface area contributed by atoms with Crippen LogP contribution in [0.1, 0.15) is 32.1 Å². The molecule has 0 aromatic carbocycles. The Morgan fingerprint density at radius 2 is 2.17 bits per heavy atom. The molecule has 1 aliphatic carbocycles. The third-order valence-corrected chi connectivity index (χ3v) is 2.82. The van der Waals surface area contributed by atoms with Crippen molar-refractivity contribution in [3.8, 4) is 0 Å². The summed E-state index contributed by atoms with van der Waals surface area (Å²) in [6, 6.07) is 0.571. The molecule has 0 spiro atoms. The van der Waals surface area contributed by atoms with Gasteiger partial charge in [-0.3, -0.25) is 4.79 Å². The van der Waals surface area contributed by atoms with Crippen molar-refractivity contribution >= 4 is 21.8 Å². The third-order valence-electron chi connectivity index (χ3n) is 2.26. The lowest BCUT2D eigenvalue weighted by Gasteiger charge is -2.15. The molecule has 0 radical (unpaired) electrons. The van der Waals surface area contributed by atoms with Crippen molar-refractivity contribution in [1.29, 1.82) is 0 Å². The number of halogens is 1. The lowest BCUT2D eigenvalue weighted by molar-refractivity contribution is -0.130. The summed E-state index contributed by atoms with van der Waals surface area (Å²) < 4.78 is 0. The van der Waals surface area contributed by atoms with Gasteiger partial charge in [0.15, 0.2) is 0 Å². The van der Waals surface area contributed by atoms with E-state index in [2.05, 4.69) is 15.9 Å². The molecule has 0 aliphatic heterocycles. The minimum Gasteiger partial charge on any atom is -0.343 e. The summed E-state index contributed by atoms with van der Waals surface area (Å²) in [6.07, 6.45) is 5.26. The average molecular weight is 234 g/mol. The van der Waals surface area contributed by atoms with Gasteiger partial charge in [0.1, 0.15) is 0 Å². The summed E-state index contributed by atoms with van der Waals surface area (Å²) in [5, 5.41) is 1.01. The highest BCUT2D eigenvalue weighted by molar-refractivity contribution is 9.09. The van der Waals surface area contributed by atoms with Crippen molar-refractivity contribution in [2.75, 3.05) is 12.4 Å². The molecule has 1 saturated carbocycles. The van der Waals surface area contributed by atoms with Crippen molar-refractivity contribution in [2.24, 2.45) is 0 Å². The number of rotatable bonds is 5. The molecule has 1 amide bonds. The summed E-state index contributed by atoms with van der Waals surface area (Å²) in [5.41, 5.74) is 0. The Bertz CT molecular complexity index is 157. The predicted molar refractivity (Wildman–Crippen MR) is 53.4 cm³/mol. The monoisotopic (exact) mass is 233 g/mol. The fourth-order valence-electron chi connectivity index (χ4n) is 1.21. The van der Waals surface area contributed by atoms with E-state index in [1.54, 1.807) is 0 Å². The van der Waals surface area contributed by atoms with Crippen molar-refractivity contribution in [2.45, 2.75) is 38.1 Å². The zero-order valence-corrected chi connectivity index (χ0v) is 9.14. The van der Waals surface area contributed by atoms with Crippen LogP contribution in [0.15, 0.2) is 0 Å². The molecule has 1 fully saturated rings. The second-order valence-corrected chi connectivity index (χ2v) is 4.17. The van der Waals surface area contributed by atoms with E-state index in [0.29, 0.717) is 11.9 Å². The summed E-state index contributed by atoms with van der Waals surface area (Å²) in [4.78, 5) is 13.3. The van der Waals surface area contributed by atoms with Gasteiger partial charge in [-0.25, -0.2) is 0 Å². The van der Waals surface area contributed by atoms with E-state index in [0.717, 1.165) is 24.6 Å². The number of alkyl halides is 1. The van der Waals surface area contributed by atoms with Crippen LogP contribution in [0, 0.1) is 0 Å². The Kier molecular flexibility index (Phi) is 4.06. The van der Waals surface area contributed by atoms with Gasteiger partial charge in [-0.1, -0.05) is 15.9 Å². The highest BCUT2D eigenvalue weighted by atomic mass is 79.9. The summed E-state index contributed by atoms with van der Waals surface area (Å²) in [6.45, 7) is 0. The molecule has 70 valence electrons. The molecule has 3 heteroatoms. The maximum absolute atomic E-state index is 11.4. The summed E-state index contributed by atoms with van der Waals surface area (Å²) in [5.74, 6) is 0.318. The van der Waals surface area contributed by atoms with Crippen LogP contribution in [0.5, 0.6) is 0 Å². The van der Waals surface area contributed by atoms with Gasteiger partial charge >= 0.3 is 0 Å². The van der Waals surface area contributed by atoms with Crippen molar-refractivity contribution in [1.82, 2.24) is 4.90 Å². The number of amides is 1. The predicted octanol–water partition coefficient (Wildman–Crippen LogP) is 2.17. The highest BCUT2D eigenvalue weighted by Gasteiger charge is 2.28. The molecule has 1 aliphatic rings. The van der Waals surface area contributed by atoms with E-state index in [1.165, 1.54) is 12.8 Å². The third kappa shape index (κ3) is 3.13. The van der Waals surface area contributed by atoms with Crippen LogP contribution in [0.2, 0.25) is 0 Å². The van der Waals surface area contributed by atoms with Gasteiger partial charge in [0.2, 0.25) is 5.91 Å². The van der Waals surface area contributed by atoms with Gasteiger partial charge in [0.25, 0.3) is 0 Å². The maximum atomic E-state index is 11.4. The van der Waals surface area contributed by atoms with Crippen molar-refractivity contribution < 1.29 is 4.79 Å². The van der Waals surface area contributed by atoms with E-state index in [-0.39, 0.29) is 0 Å². The maximum Gasteiger partial charge on any atom is 0.222 e. The molecular formula is C9H16BrNO. The van der Waals surface area contributed by atoms with Gasteiger partial charge in [-0.05, 0) is 25.7 Å². The van der Waals surface area contributed by atoms with Gasteiger partial charge in [-0.2, -0.15) is 0 Å². The molecule has 0 bridgehead atoms. The fraction of sp³-hybridized carbons (Fsp3) is 0.889. The van der Waals surface area contributed by atoms with Crippen LogP contribution >= 0.6 is 15.9 Å². The molecule has 0 unspecified atom stereocenters. The van der Waals surface area contributed by atoms with Crippen LogP contribution in [-0.2, 0) is 4.79 Å². The van der Waals surface area contributed by atoms with E-state index >= 15 is 0 Å². The molecular weight excluding hydrogens is 218 g/mol. The minimum absolute atomic E-state index is 0.318. The van der Waals surface area contributed by atoms with E-state index in [4.69, 9.17) is 0 Å². The number of hydrogen-bond acceptors (Lipinski definition) is 1. The SMILES string of the molecule is CN(C(=O)CCCCBr)C1CC1. The van der Waals surface area contributed by atoms with Gasteiger partial charge < -0.3 is 4.90 Å². The number of carbonyl (C=O) groups is 1. The first kappa shape index (κ1) is 10.0. The fourth-order valence-corrected chi connectivity index (χ4v) is 1.61. The lowest BCUT2D eigenvalue weighted by Crippen LogP contribution is -2.28. The highest BCUT2D eigenvalue weighted by Crippen LogP contribution is 2.25. The van der Waals surface area contributed by atoms with E-state index in [9.17, 15) is 4.79 Å². The van der Waals surface area contributed by atoms with E-state index < -0.39 is 0 Å². The molecule has 0 aromatic rings. The molecule has 0 heterocycles. The molecule has 0 atom stereocenters. The smallest absolute Gasteiger partial charge is 0.222 e. The number of carbonyl (C=O) groups excluding carboxylic acids is 1. The molecule has 12 heavy (non-hydrogen) atoms. The average Bonchev–Trinajstić information content (AvgIpc) is 2.86. The van der Waals surface area contributed by atoms with Crippen LogP contribution < -0.4 is 0 Å². The molecule has 2 nitrogen and oxygen atoms in total.